The van der Waals surface area contributed by atoms with Crippen LogP contribution in [0.25, 0.3) is 11.1 Å². The van der Waals surface area contributed by atoms with Crippen molar-refractivity contribution in [2.24, 2.45) is 0 Å². The zero-order valence-electron chi connectivity index (χ0n) is 12.3. The zero-order valence-corrected chi connectivity index (χ0v) is 12.3. The number of fused-ring (bicyclic) bond motifs is 3. The predicted octanol–water partition coefficient (Wildman–Crippen LogP) is 3.06. The molecule has 0 N–H and O–H groups in total. The van der Waals surface area contributed by atoms with Crippen molar-refractivity contribution in [1.29, 1.82) is 0 Å². The lowest BCUT2D eigenvalue weighted by Crippen LogP contribution is -2.36. The largest absolute Gasteiger partial charge is 0.437 e. The first-order valence-corrected chi connectivity index (χ1v) is 7.54. The molecule has 0 spiro atoms. The third-order valence-corrected chi connectivity index (χ3v) is 4.41. The summed E-state index contributed by atoms with van der Waals surface area (Å²) in [6, 6.07) is 4.00. The molecule has 2 saturated heterocycles. The van der Waals surface area contributed by atoms with Crippen molar-refractivity contribution in [3.8, 4) is 0 Å². The van der Waals surface area contributed by atoms with Gasteiger partial charge in [-0.05, 0) is 24.1 Å². The second-order valence-corrected chi connectivity index (χ2v) is 6.41. The molecule has 0 saturated carbocycles. The third kappa shape index (κ3) is 2.24. The van der Waals surface area contributed by atoms with Gasteiger partial charge in [0.15, 0.2) is 17.3 Å². The van der Waals surface area contributed by atoms with Gasteiger partial charge >= 0.3 is 0 Å². The van der Waals surface area contributed by atoms with Gasteiger partial charge in [0.1, 0.15) is 5.52 Å². The highest BCUT2D eigenvalue weighted by Gasteiger charge is 2.38. The van der Waals surface area contributed by atoms with E-state index in [0.717, 1.165) is 31.7 Å². The summed E-state index contributed by atoms with van der Waals surface area (Å²) in [6.07, 6.45) is 1.47. The molecule has 5 heteroatoms. The van der Waals surface area contributed by atoms with Gasteiger partial charge in [0.2, 0.25) is 0 Å². The average Bonchev–Trinajstić information content (AvgIpc) is 3.11. The van der Waals surface area contributed by atoms with Crippen molar-refractivity contribution in [3.05, 3.63) is 29.4 Å². The van der Waals surface area contributed by atoms with E-state index in [1.54, 1.807) is 6.07 Å². The third-order valence-electron chi connectivity index (χ3n) is 4.41. The second kappa shape index (κ2) is 4.78. The Balaban J connectivity index is 1.63. The summed E-state index contributed by atoms with van der Waals surface area (Å²) in [5.74, 6) is 0.434. The summed E-state index contributed by atoms with van der Waals surface area (Å²) in [5, 5.41) is 0. The molecule has 2 aromatic rings. The molecule has 21 heavy (non-hydrogen) atoms. The summed E-state index contributed by atoms with van der Waals surface area (Å²) in [4.78, 5) is 6.78. The highest BCUT2D eigenvalue weighted by molar-refractivity contribution is 5.74. The van der Waals surface area contributed by atoms with Crippen LogP contribution in [0.4, 0.5) is 4.39 Å². The van der Waals surface area contributed by atoms with Crippen LogP contribution in [-0.2, 0) is 11.3 Å². The van der Waals surface area contributed by atoms with Crippen LogP contribution in [0.5, 0.6) is 0 Å². The Kier molecular flexibility index (Phi) is 3.01. The molecule has 2 aliphatic heterocycles. The molecule has 2 fully saturated rings. The lowest BCUT2D eigenvalue weighted by Gasteiger charge is -2.26. The summed E-state index contributed by atoms with van der Waals surface area (Å²) in [7, 11) is 0. The first-order valence-electron chi connectivity index (χ1n) is 7.54. The second-order valence-electron chi connectivity index (χ2n) is 6.41. The van der Waals surface area contributed by atoms with Gasteiger partial charge in [-0.3, -0.25) is 4.90 Å². The Morgan fingerprint density at radius 3 is 2.95 bits per heavy atom. The van der Waals surface area contributed by atoms with Gasteiger partial charge in [0.05, 0.1) is 12.7 Å². The fourth-order valence-electron chi connectivity index (χ4n) is 3.31. The average molecular weight is 290 g/mol. The number of ether oxygens (including phenoxy) is 1. The first-order chi connectivity index (χ1) is 10.1. The number of halogens is 1. The summed E-state index contributed by atoms with van der Waals surface area (Å²) >= 11 is 0. The molecule has 2 atom stereocenters. The summed E-state index contributed by atoms with van der Waals surface area (Å²) in [5.41, 5.74) is 1.85. The van der Waals surface area contributed by atoms with Gasteiger partial charge in [-0.1, -0.05) is 13.8 Å². The predicted molar refractivity (Wildman–Crippen MR) is 76.6 cm³/mol. The van der Waals surface area contributed by atoms with Crippen LogP contribution in [0, 0.1) is 5.82 Å². The topological polar surface area (TPSA) is 38.5 Å². The Morgan fingerprint density at radius 1 is 1.43 bits per heavy atom. The molecule has 112 valence electrons. The molecule has 1 aromatic heterocycles. The van der Waals surface area contributed by atoms with Gasteiger partial charge < -0.3 is 9.15 Å². The molecule has 0 aliphatic carbocycles. The lowest BCUT2D eigenvalue weighted by atomic mass is 10.1. The number of rotatable bonds is 3. The smallest absolute Gasteiger partial charge is 0.198 e. The Bertz CT molecular complexity index is 682. The van der Waals surface area contributed by atoms with E-state index in [9.17, 15) is 4.39 Å². The van der Waals surface area contributed by atoms with E-state index in [1.165, 1.54) is 0 Å². The van der Waals surface area contributed by atoms with Crippen molar-refractivity contribution in [2.45, 2.75) is 44.9 Å². The lowest BCUT2D eigenvalue weighted by molar-refractivity contribution is 0.0273. The summed E-state index contributed by atoms with van der Waals surface area (Å²) in [6.45, 7) is 6.48. The van der Waals surface area contributed by atoms with Crippen molar-refractivity contribution in [2.75, 3.05) is 13.2 Å². The van der Waals surface area contributed by atoms with E-state index in [2.05, 4.69) is 9.88 Å². The quantitative estimate of drug-likeness (QED) is 0.871. The standard InChI is InChI=1S/C16H19FN2O2/c1-9(2)16-18-14-4-10(3-13(17)15(14)21-16)6-19-7-12-5-11(19)8-20-12/h3-4,9,11-12H,5-8H2,1-2H3. The number of morpholine rings is 1. The number of likely N-dealkylation sites (tertiary alicyclic amines) is 1. The van der Waals surface area contributed by atoms with E-state index in [-0.39, 0.29) is 17.3 Å². The molecular formula is C16H19FN2O2. The van der Waals surface area contributed by atoms with Crippen molar-refractivity contribution in [1.82, 2.24) is 9.88 Å². The Hall–Kier alpha value is -1.46. The van der Waals surface area contributed by atoms with Crippen LogP contribution < -0.4 is 0 Å². The normalized spacial score (nSPS) is 25.5. The van der Waals surface area contributed by atoms with Gasteiger partial charge in [-0.2, -0.15) is 0 Å². The van der Waals surface area contributed by atoms with Gasteiger partial charge in [0, 0.05) is 25.0 Å². The molecule has 2 unspecified atom stereocenters. The molecule has 4 rings (SSSR count). The molecule has 0 radical (unpaired) electrons. The van der Waals surface area contributed by atoms with Crippen molar-refractivity contribution < 1.29 is 13.5 Å². The van der Waals surface area contributed by atoms with Gasteiger partial charge in [-0.25, -0.2) is 9.37 Å². The van der Waals surface area contributed by atoms with E-state index in [1.807, 2.05) is 19.9 Å². The van der Waals surface area contributed by atoms with Crippen LogP contribution >= 0.6 is 0 Å². The molecule has 0 amide bonds. The van der Waals surface area contributed by atoms with Crippen LogP contribution in [0.2, 0.25) is 0 Å². The van der Waals surface area contributed by atoms with Crippen molar-refractivity contribution in [3.63, 3.8) is 0 Å². The van der Waals surface area contributed by atoms with E-state index in [0.29, 0.717) is 23.6 Å². The molecule has 1 aromatic carbocycles. The van der Waals surface area contributed by atoms with E-state index < -0.39 is 0 Å². The highest BCUT2D eigenvalue weighted by atomic mass is 19.1. The minimum absolute atomic E-state index is 0.159. The van der Waals surface area contributed by atoms with Crippen molar-refractivity contribution >= 4 is 11.1 Å². The molecule has 3 heterocycles. The number of hydrogen-bond donors (Lipinski definition) is 0. The van der Waals surface area contributed by atoms with Gasteiger partial charge in [-0.15, -0.1) is 0 Å². The van der Waals surface area contributed by atoms with Crippen LogP contribution in [0.3, 0.4) is 0 Å². The highest BCUT2D eigenvalue weighted by Crippen LogP contribution is 2.30. The van der Waals surface area contributed by atoms with Crippen LogP contribution in [-0.4, -0.2) is 35.2 Å². The number of nitrogens with zero attached hydrogens (tertiary/aromatic N) is 2. The monoisotopic (exact) mass is 290 g/mol. The van der Waals surface area contributed by atoms with E-state index >= 15 is 0 Å². The summed E-state index contributed by atoms with van der Waals surface area (Å²) < 4.78 is 25.3. The maximum Gasteiger partial charge on any atom is 0.198 e. The SMILES string of the molecule is CC(C)c1nc2cc(CN3CC4CC3CO4)cc(F)c2o1. The first kappa shape index (κ1) is 13.2. The van der Waals surface area contributed by atoms with Gasteiger partial charge in [0.25, 0.3) is 0 Å². The Labute approximate surface area is 122 Å². The van der Waals surface area contributed by atoms with Crippen LogP contribution in [0.15, 0.2) is 16.5 Å². The fourth-order valence-corrected chi connectivity index (χ4v) is 3.31. The van der Waals surface area contributed by atoms with E-state index in [4.69, 9.17) is 9.15 Å². The molecule has 2 bridgehead atoms. The molecular weight excluding hydrogens is 271 g/mol. The maximum absolute atomic E-state index is 14.2. The number of hydrogen-bond acceptors (Lipinski definition) is 4. The zero-order chi connectivity index (χ0) is 14.6. The maximum atomic E-state index is 14.2. The number of benzene rings is 1. The van der Waals surface area contributed by atoms with Crippen LogP contribution in [0.1, 0.15) is 37.6 Å². The fraction of sp³-hybridized carbons (Fsp3) is 0.562. The number of aromatic nitrogens is 1. The molecule has 4 nitrogen and oxygen atoms in total. The Morgan fingerprint density at radius 2 is 2.29 bits per heavy atom. The number of oxazole rings is 1. The molecule has 2 aliphatic rings. The minimum atomic E-state index is -0.317. The minimum Gasteiger partial charge on any atom is -0.437 e.